The summed E-state index contributed by atoms with van der Waals surface area (Å²) in [5.41, 5.74) is 9.37. The van der Waals surface area contributed by atoms with E-state index >= 15 is 0 Å². The molecule has 3 rings (SSSR count). The van der Waals surface area contributed by atoms with Crippen molar-refractivity contribution in [3.8, 4) is 5.82 Å². The van der Waals surface area contributed by atoms with Crippen LogP contribution in [0.3, 0.4) is 0 Å². The number of anilines is 1. The first-order chi connectivity index (χ1) is 9.09. The van der Waals surface area contributed by atoms with E-state index in [1.807, 2.05) is 35.9 Å². The lowest BCUT2D eigenvalue weighted by Gasteiger charge is -2.11. The van der Waals surface area contributed by atoms with Crippen molar-refractivity contribution < 1.29 is 0 Å². The smallest absolute Gasteiger partial charge is 0.178 e. The van der Waals surface area contributed by atoms with Gasteiger partial charge in [-0.1, -0.05) is 17.3 Å². The Morgan fingerprint density at radius 2 is 1.95 bits per heavy atom. The topological polar surface area (TPSA) is 74.5 Å². The molecule has 3 aromatic rings. The minimum Gasteiger partial charge on any atom is -0.394 e. The van der Waals surface area contributed by atoms with Crippen molar-refractivity contribution in [2.75, 3.05) is 5.73 Å². The summed E-state index contributed by atoms with van der Waals surface area (Å²) in [5, 5.41) is 12.8. The largest absolute Gasteiger partial charge is 0.394 e. The number of fused-ring (bicyclic) bond motifs is 1. The molecule has 2 aromatic heterocycles. The molecule has 19 heavy (non-hydrogen) atoms. The molecule has 2 N–H and O–H groups in total. The van der Waals surface area contributed by atoms with Crippen LogP contribution in [-0.4, -0.2) is 24.8 Å². The van der Waals surface area contributed by atoms with Gasteiger partial charge in [-0.25, -0.2) is 4.68 Å². The second-order valence-electron chi connectivity index (χ2n) is 4.85. The minimum atomic E-state index is 0.203. The first-order valence-corrected chi connectivity index (χ1v) is 6.25. The Labute approximate surface area is 110 Å². The molecule has 0 amide bonds. The standard InChI is InChI=1S/C13H16N6/c1-8(2)18-13(12(14)9(3)16-18)19-11-7-5-4-6-10(11)15-17-19/h4-8H,14H2,1-3H3. The molecule has 0 saturated carbocycles. The molecular formula is C13H16N6. The first kappa shape index (κ1) is 11.7. The quantitative estimate of drug-likeness (QED) is 0.761. The molecule has 98 valence electrons. The van der Waals surface area contributed by atoms with Gasteiger partial charge in [0, 0.05) is 6.04 Å². The molecule has 0 fully saturated rings. The van der Waals surface area contributed by atoms with E-state index in [0.29, 0.717) is 5.69 Å². The van der Waals surface area contributed by atoms with Crippen molar-refractivity contribution in [1.82, 2.24) is 24.8 Å². The molecular weight excluding hydrogens is 240 g/mol. The minimum absolute atomic E-state index is 0.203. The zero-order valence-corrected chi connectivity index (χ0v) is 11.2. The molecule has 6 heteroatoms. The van der Waals surface area contributed by atoms with Gasteiger partial charge in [-0.05, 0) is 32.9 Å². The summed E-state index contributed by atoms with van der Waals surface area (Å²) in [6.07, 6.45) is 0. The fourth-order valence-corrected chi connectivity index (χ4v) is 2.14. The molecule has 0 aliphatic rings. The summed E-state index contributed by atoms with van der Waals surface area (Å²) < 4.78 is 3.64. The third kappa shape index (κ3) is 1.68. The highest BCUT2D eigenvalue weighted by atomic mass is 15.5. The highest BCUT2D eigenvalue weighted by Crippen LogP contribution is 2.26. The van der Waals surface area contributed by atoms with Crippen LogP contribution in [-0.2, 0) is 0 Å². The first-order valence-electron chi connectivity index (χ1n) is 6.25. The summed E-state index contributed by atoms with van der Waals surface area (Å²) >= 11 is 0. The van der Waals surface area contributed by atoms with Gasteiger partial charge >= 0.3 is 0 Å². The summed E-state index contributed by atoms with van der Waals surface area (Å²) in [4.78, 5) is 0. The van der Waals surface area contributed by atoms with E-state index in [1.165, 1.54) is 0 Å². The fraction of sp³-hybridized carbons (Fsp3) is 0.308. The van der Waals surface area contributed by atoms with Crippen molar-refractivity contribution in [1.29, 1.82) is 0 Å². The third-order valence-corrected chi connectivity index (χ3v) is 3.15. The monoisotopic (exact) mass is 256 g/mol. The molecule has 0 atom stereocenters. The maximum Gasteiger partial charge on any atom is 0.178 e. The molecule has 0 bridgehead atoms. The highest BCUT2D eigenvalue weighted by molar-refractivity contribution is 5.77. The number of aryl methyl sites for hydroxylation is 1. The maximum atomic E-state index is 6.15. The summed E-state index contributed by atoms with van der Waals surface area (Å²) in [6.45, 7) is 6.03. The number of hydrogen-bond acceptors (Lipinski definition) is 4. The Bertz CT molecular complexity index is 737. The predicted octanol–water partition coefficient (Wildman–Crippen LogP) is 2.09. The van der Waals surface area contributed by atoms with E-state index in [1.54, 1.807) is 4.68 Å². The predicted molar refractivity (Wildman–Crippen MR) is 74.2 cm³/mol. The normalized spacial score (nSPS) is 11.6. The average Bonchev–Trinajstić information content (AvgIpc) is 2.92. The zero-order chi connectivity index (χ0) is 13.6. The van der Waals surface area contributed by atoms with Crippen molar-refractivity contribution in [3.05, 3.63) is 30.0 Å². The lowest BCUT2D eigenvalue weighted by molar-refractivity contribution is 0.512. The second kappa shape index (κ2) is 4.08. The van der Waals surface area contributed by atoms with E-state index in [4.69, 9.17) is 5.73 Å². The molecule has 0 aliphatic heterocycles. The van der Waals surface area contributed by atoms with Crippen LogP contribution in [0.5, 0.6) is 0 Å². The highest BCUT2D eigenvalue weighted by Gasteiger charge is 2.19. The van der Waals surface area contributed by atoms with Crippen LogP contribution < -0.4 is 5.73 Å². The van der Waals surface area contributed by atoms with E-state index in [0.717, 1.165) is 22.5 Å². The van der Waals surface area contributed by atoms with Crippen molar-refractivity contribution in [2.45, 2.75) is 26.8 Å². The number of para-hydroxylation sites is 1. The van der Waals surface area contributed by atoms with Crippen LogP contribution >= 0.6 is 0 Å². The Morgan fingerprint density at radius 1 is 1.21 bits per heavy atom. The van der Waals surface area contributed by atoms with E-state index in [-0.39, 0.29) is 6.04 Å². The molecule has 2 heterocycles. The number of nitrogens with zero attached hydrogens (tertiary/aromatic N) is 5. The van der Waals surface area contributed by atoms with Crippen LogP contribution in [0, 0.1) is 6.92 Å². The van der Waals surface area contributed by atoms with Crippen LogP contribution in [0.4, 0.5) is 5.69 Å². The van der Waals surface area contributed by atoms with Crippen LogP contribution in [0.1, 0.15) is 25.6 Å². The molecule has 0 aliphatic carbocycles. The fourth-order valence-electron chi connectivity index (χ4n) is 2.14. The summed E-state index contributed by atoms with van der Waals surface area (Å²) in [7, 11) is 0. The van der Waals surface area contributed by atoms with Crippen LogP contribution in [0.25, 0.3) is 16.9 Å². The van der Waals surface area contributed by atoms with Crippen LogP contribution in [0.15, 0.2) is 24.3 Å². The van der Waals surface area contributed by atoms with E-state index in [9.17, 15) is 0 Å². The van der Waals surface area contributed by atoms with Gasteiger partial charge in [-0.15, -0.1) is 5.10 Å². The van der Waals surface area contributed by atoms with Gasteiger partial charge in [0.25, 0.3) is 0 Å². The van der Waals surface area contributed by atoms with Gasteiger partial charge in [0.05, 0.1) is 11.2 Å². The van der Waals surface area contributed by atoms with Crippen molar-refractivity contribution in [3.63, 3.8) is 0 Å². The molecule has 0 saturated heterocycles. The molecule has 0 unspecified atom stereocenters. The Kier molecular flexibility index (Phi) is 2.51. The molecule has 0 spiro atoms. The number of benzene rings is 1. The average molecular weight is 256 g/mol. The third-order valence-electron chi connectivity index (χ3n) is 3.15. The van der Waals surface area contributed by atoms with E-state index in [2.05, 4.69) is 29.3 Å². The van der Waals surface area contributed by atoms with Gasteiger partial charge in [0.2, 0.25) is 0 Å². The SMILES string of the molecule is Cc1nn(C(C)C)c(-n2nnc3ccccc32)c1N. The lowest BCUT2D eigenvalue weighted by Crippen LogP contribution is -2.12. The molecule has 1 aromatic carbocycles. The molecule has 0 radical (unpaired) electrons. The second-order valence-corrected chi connectivity index (χ2v) is 4.85. The number of rotatable bonds is 2. The number of hydrogen-bond donors (Lipinski definition) is 1. The van der Waals surface area contributed by atoms with Crippen LogP contribution in [0.2, 0.25) is 0 Å². The van der Waals surface area contributed by atoms with Crippen molar-refractivity contribution >= 4 is 16.7 Å². The number of aromatic nitrogens is 5. The van der Waals surface area contributed by atoms with Gasteiger partial charge in [0.1, 0.15) is 11.2 Å². The number of nitrogens with two attached hydrogens (primary N) is 1. The lowest BCUT2D eigenvalue weighted by atomic mass is 10.3. The van der Waals surface area contributed by atoms with Gasteiger partial charge in [0.15, 0.2) is 5.82 Å². The summed E-state index contributed by atoms with van der Waals surface area (Å²) in [6, 6.07) is 8.01. The zero-order valence-electron chi connectivity index (χ0n) is 11.2. The summed E-state index contributed by atoms with van der Waals surface area (Å²) in [5.74, 6) is 0.779. The Hall–Kier alpha value is -2.37. The van der Waals surface area contributed by atoms with Gasteiger partial charge in [-0.3, -0.25) is 0 Å². The maximum absolute atomic E-state index is 6.15. The van der Waals surface area contributed by atoms with Gasteiger partial charge in [-0.2, -0.15) is 9.78 Å². The Morgan fingerprint density at radius 3 is 2.68 bits per heavy atom. The van der Waals surface area contributed by atoms with E-state index < -0.39 is 0 Å². The number of nitrogen functional groups attached to an aromatic ring is 1. The Balaban J connectivity index is 2.32. The van der Waals surface area contributed by atoms with Gasteiger partial charge < -0.3 is 5.73 Å². The molecule has 6 nitrogen and oxygen atoms in total. The van der Waals surface area contributed by atoms with Crippen molar-refractivity contribution in [2.24, 2.45) is 0 Å².